The van der Waals surface area contributed by atoms with Crippen molar-refractivity contribution in [1.29, 1.82) is 0 Å². The van der Waals surface area contributed by atoms with Crippen LogP contribution in [-0.4, -0.2) is 16.7 Å². The maximum absolute atomic E-state index is 12.5. The number of hydrogen-bond acceptors (Lipinski definition) is 4. The van der Waals surface area contributed by atoms with E-state index in [4.69, 9.17) is 5.73 Å². The van der Waals surface area contributed by atoms with Crippen molar-refractivity contribution in [2.24, 2.45) is 0 Å². The van der Waals surface area contributed by atoms with Gasteiger partial charge in [0.05, 0.1) is 0 Å². The molecule has 0 unspecified atom stereocenters. The van der Waals surface area contributed by atoms with Gasteiger partial charge in [-0.2, -0.15) is 0 Å². The van der Waals surface area contributed by atoms with Gasteiger partial charge in [-0.05, 0) is 34.4 Å². The van der Waals surface area contributed by atoms with Crippen molar-refractivity contribution >= 4 is 28.3 Å². The van der Waals surface area contributed by atoms with Gasteiger partial charge in [0.25, 0.3) is 0 Å². The molecule has 4 rings (SSSR count). The van der Waals surface area contributed by atoms with Crippen LogP contribution in [0.5, 0.6) is 0 Å². The Bertz CT molecular complexity index is 1250. The van der Waals surface area contributed by atoms with Gasteiger partial charge in [-0.3, -0.25) is 9.59 Å². The van der Waals surface area contributed by atoms with E-state index in [-0.39, 0.29) is 18.1 Å². The average Bonchev–Trinajstić information content (AvgIpc) is 2.83. The fourth-order valence-corrected chi connectivity index (χ4v) is 3.63. The van der Waals surface area contributed by atoms with Gasteiger partial charge in [0.15, 0.2) is 5.78 Å². The van der Waals surface area contributed by atoms with Crippen LogP contribution in [0.2, 0.25) is 0 Å². The Morgan fingerprint density at radius 3 is 2.38 bits per heavy atom. The smallest absolute Gasteiger partial charge is 0.220 e. The average molecular weight is 424 g/mol. The Labute approximate surface area is 187 Å². The van der Waals surface area contributed by atoms with E-state index in [1.807, 2.05) is 30.3 Å². The number of aryl methyl sites for hydroxylation is 1. The highest BCUT2D eigenvalue weighted by molar-refractivity contribution is 5.98. The summed E-state index contributed by atoms with van der Waals surface area (Å²) >= 11 is 0. The Kier molecular flexibility index (Phi) is 6.56. The van der Waals surface area contributed by atoms with Crippen molar-refractivity contribution in [2.45, 2.75) is 25.8 Å². The molecule has 1 heterocycles. The quantitative estimate of drug-likeness (QED) is 0.409. The Morgan fingerprint density at radius 2 is 1.59 bits per heavy atom. The maximum atomic E-state index is 12.5. The fraction of sp³-hybridized carbons (Fsp3) is 0.148. The van der Waals surface area contributed by atoms with Crippen LogP contribution in [0.1, 0.15) is 33.5 Å². The van der Waals surface area contributed by atoms with E-state index < -0.39 is 0 Å². The zero-order valence-electron chi connectivity index (χ0n) is 17.8. The highest BCUT2D eigenvalue weighted by Gasteiger charge is 2.10. The number of benzene rings is 3. The number of fused-ring (bicyclic) bond motifs is 1. The number of aromatic nitrogens is 1. The van der Waals surface area contributed by atoms with Crippen molar-refractivity contribution in [2.75, 3.05) is 5.73 Å². The second-order valence-corrected chi connectivity index (χ2v) is 7.80. The number of nitrogens with one attached hydrogen (secondary N) is 1. The third-order valence-corrected chi connectivity index (χ3v) is 5.50. The third-order valence-electron chi connectivity index (χ3n) is 5.50. The van der Waals surface area contributed by atoms with Crippen LogP contribution in [0, 0.1) is 0 Å². The van der Waals surface area contributed by atoms with E-state index >= 15 is 0 Å². The van der Waals surface area contributed by atoms with Gasteiger partial charge in [-0.15, -0.1) is 0 Å². The summed E-state index contributed by atoms with van der Waals surface area (Å²) in [6.45, 7) is 0.431. The summed E-state index contributed by atoms with van der Waals surface area (Å²) in [7, 11) is 0. The third kappa shape index (κ3) is 5.38. The summed E-state index contributed by atoms with van der Waals surface area (Å²) in [5.41, 5.74) is 9.25. The van der Waals surface area contributed by atoms with Crippen LogP contribution in [0.25, 0.3) is 10.8 Å². The molecule has 5 heteroatoms. The number of Topliss-reactive ketones (excluding diaryl/α,β-unsaturated/α-hetero) is 1. The van der Waals surface area contributed by atoms with Crippen molar-refractivity contribution < 1.29 is 9.59 Å². The molecule has 3 aromatic carbocycles. The van der Waals surface area contributed by atoms with E-state index in [0.29, 0.717) is 30.8 Å². The molecule has 32 heavy (non-hydrogen) atoms. The number of rotatable bonds is 8. The summed E-state index contributed by atoms with van der Waals surface area (Å²) < 4.78 is 0. The SMILES string of the molecule is Nc1ncccc1CC(=O)c1ccc(CNC(=O)CCc2ccc3ccccc3c2)cc1. The van der Waals surface area contributed by atoms with Crippen LogP contribution in [0.4, 0.5) is 5.82 Å². The second kappa shape index (κ2) is 9.88. The van der Waals surface area contributed by atoms with E-state index in [2.05, 4.69) is 40.6 Å². The normalized spacial score (nSPS) is 10.8. The number of carbonyl (C=O) groups excluding carboxylic acids is 2. The van der Waals surface area contributed by atoms with Crippen molar-refractivity contribution in [3.8, 4) is 0 Å². The van der Waals surface area contributed by atoms with Crippen LogP contribution < -0.4 is 11.1 Å². The first-order chi connectivity index (χ1) is 15.6. The minimum atomic E-state index is -0.0179. The van der Waals surface area contributed by atoms with Crippen molar-refractivity contribution in [3.05, 3.63) is 107 Å². The van der Waals surface area contributed by atoms with Crippen LogP contribution in [0.3, 0.4) is 0 Å². The lowest BCUT2D eigenvalue weighted by atomic mass is 10.0. The summed E-state index contributed by atoms with van der Waals surface area (Å²) in [5, 5.41) is 5.34. The standard InChI is InChI=1S/C27H25N3O2/c28-27-24(6-3-15-29-27)17-25(31)22-12-8-20(9-13-22)18-30-26(32)14-10-19-7-11-21-4-1-2-5-23(21)16-19/h1-9,11-13,15-16H,10,14,17-18H2,(H2,28,29)(H,30,32). The first-order valence-corrected chi connectivity index (χ1v) is 10.6. The highest BCUT2D eigenvalue weighted by Crippen LogP contribution is 2.17. The van der Waals surface area contributed by atoms with E-state index in [0.717, 1.165) is 16.7 Å². The first-order valence-electron chi connectivity index (χ1n) is 10.6. The molecule has 160 valence electrons. The number of amides is 1. The van der Waals surface area contributed by atoms with E-state index in [1.165, 1.54) is 10.8 Å². The van der Waals surface area contributed by atoms with Gasteiger partial charge in [-0.25, -0.2) is 4.98 Å². The van der Waals surface area contributed by atoms with E-state index in [9.17, 15) is 9.59 Å². The number of nitrogen functional groups attached to an aromatic ring is 1. The van der Waals surface area contributed by atoms with Gasteiger partial charge in [0.1, 0.15) is 5.82 Å². The van der Waals surface area contributed by atoms with Crippen LogP contribution in [0.15, 0.2) is 85.1 Å². The predicted molar refractivity (Wildman–Crippen MR) is 127 cm³/mol. The molecule has 1 amide bonds. The molecule has 0 saturated heterocycles. The molecule has 1 aromatic heterocycles. The first kappa shape index (κ1) is 21.2. The van der Waals surface area contributed by atoms with Gasteiger partial charge < -0.3 is 11.1 Å². The summed E-state index contributed by atoms with van der Waals surface area (Å²) in [6.07, 6.45) is 2.95. The largest absolute Gasteiger partial charge is 0.383 e. The zero-order chi connectivity index (χ0) is 22.3. The molecular weight excluding hydrogens is 398 g/mol. The number of nitrogens with two attached hydrogens (primary N) is 1. The molecule has 0 bridgehead atoms. The van der Waals surface area contributed by atoms with Crippen molar-refractivity contribution in [1.82, 2.24) is 10.3 Å². The number of anilines is 1. The molecule has 0 fully saturated rings. The zero-order valence-corrected chi connectivity index (χ0v) is 17.8. The van der Waals surface area contributed by atoms with Gasteiger partial charge in [0, 0.05) is 36.7 Å². The molecule has 0 atom stereocenters. The molecular formula is C27H25N3O2. The van der Waals surface area contributed by atoms with E-state index in [1.54, 1.807) is 24.4 Å². The molecule has 0 spiro atoms. The maximum Gasteiger partial charge on any atom is 0.220 e. The molecule has 0 radical (unpaired) electrons. The topological polar surface area (TPSA) is 85.1 Å². The predicted octanol–water partition coefficient (Wildman–Crippen LogP) is 4.49. The monoisotopic (exact) mass is 423 g/mol. The number of pyridine rings is 1. The number of hydrogen-bond donors (Lipinski definition) is 2. The van der Waals surface area contributed by atoms with Gasteiger partial charge >= 0.3 is 0 Å². The molecule has 0 saturated carbocycles. The Balaban J connectivity index is 1.26. The van der Waals surface area contributed by atoms with Gasteiger partial charge in [-0.1, -0.05) is 72.8 Å². The summed E-state index contributed by atoms with van der Waals surface area (Å²) in [5.74, 6) is 0.366. The number of carbonyl (C=O) groups is 2. The van der Waals surface area contributed by atoms with Gasteiger partial charge in [0.2, 0.25) is 5.91 Å². The summed E-state index contributed by atoms with van der Waals surface area (Å²) in [6, 6.07) is 25.4. The molecule has 4 aromatic rings. The summed E-state index contributed by atoms with van der Waals surface area (Å²) in [4.78, 5) is 28.8. The minimum absolute atomic E-state index is 0.00497. The lowest BCUT2D eigenvalue weighted by molar-refractivity contribution is -0.121. The fourth-order valence-electron chi connectivity index (χ4n) is 3.63. The minimum Gasteiger partial charge on any atom is -0.383 e. The van der Waals surface area contributed by atoms with Crippen LogP contribution >= 0.6 is 0 Å². The number of ketones is 1. The number of nitrogens with zero attached hydrogens (tertiary/aromatic N) is 1. The van der Waals surface area contributed by atoms with Crippen LogP contribution in [-0.2, 0) is 24.2 Å². The Hall–Kier alpha value is -3.99. The Morgan fingerprint density at radius 1 is 0.844 bits per heavy atom. The molecule has 5 nitrogen and oxygen atoms in total. The second-order valence-electron chi connectivity index (χ2n) is 7.80. The molecule has 3 N–H and O–H groups in total. The lowest BCUT2D eigenvalue weighted by Gasteiger charge is -2.08. The van der Waals surface area contributed by atoms with Crippen molar-refractivity contribution in [3.63, 3.8) is 0 Å². The lowest BCUT2D eigenvalue weighted by Crippen LogP contribution is -2.23. The molecule has 0 aliphatic carbocycles. The highest BCUT2D eigenvalue weighted by atomic mass is 16.1. The molecule has 0 aliphatic rings. The molecule has 0 aliphatic heterocycles.